The van der Waals surface area contributed by atoms with Gasteiger partial charge < -0.3 is 14.2 Å². The molecule has 3 saturated carbocycles. The van der Waals surface area contributed by atoms with E-state index in [2.05, 4.69) is 6.92 Å². The lowest BCUT2D eigenvalue weighted by Crippen LogP contribution is -2.66. The van der Waals surface area contributed by atoms with Crippen molar-refractivity contribution in [3.63, 3.8) is 0 Å². The van der Waals surface area contributed by atoms with E-state index in [0.29, 0.717) is 12.8 Å². The molecule has 7 heteroatoms. The average Bonchev–Trinajstić information content (AvgIpc) is 3.04. The molecule has 0 N–H and O–H groups in total. The third kappa shape index (κ3) is 3.15. The maximum atomic E-state index is 13.9. The van der Waals surface area contributed by atoms with Gasteiger partial charge in [-0.3, -0.25) is 19.2 Å². The molecule has 184 valence electrons. The monoisotopic (exact) mass is 470 g/mol. The molecule has 1 spiro atoms. The van der Waals surface area contributed by atoms with E-state index in [9.17, 15) is 19.2 Å². The number of hydrogen-bond acceptors (Lipinski definition) is 7. The van der Waals surface area contributed by atoms with Gasteiger partial charge in [-0.2, -0.15) is 0 Å². The molecular weight excluding hydrogens is 436 g/mol. The molecule has 0 bridgehead atoms. The molecule has 1 aliphatic heterocycles. The molecule has 0 aromatic rings. The highest BCUT2D eigenvalue weighted by molar-refractivity contribution is 6.02. The molecule has 5 aliphatic rings. The van der Waals surface area contributed by atoms with Gasteiger partial charge in [-0.15, -0.1) is 0 Å². The number of carbonyl (C=O) groups is 4. The Kier molecular flexibility index (Phi) is 5.52. The van der Waals surface area contributed by atoms with Crippen LogP contribution in [0.25, 0.3) is 0 Å². The van der Waals surface area contributed by atoms with Crippen molar-refractivity contribution in [1.29, 1.82) is 0 Å². The number of ether oxygens (including phenoxy) is 3. The maximum absolute atomic E-state index is 13.9. The standard InChI is InChI=1S/C27H34O7/c1-5-6-21-33-24(32-15(2)28)23(31)27(34-21)12-10-19-18-8-7-16-13-17(29)9-11-25(16,3)22(18)20(30)14-26(19,27)4/h9,11,13,18-19,21-22,24H,5-8,10,12,14H2,1-4H3/t18-,19-,21?,22+,24?,25-,26-,27-/m0/s1. The number of rotatable bonds is 3. The second kappa shape index (κ2) is 7.95. The second-order valence-electron chi connectivity index (χ2n) is 11.2. The SMILES string of the molecule is CCCC1OC(OC(C)=O)C(=O)[C@]2(CC[C@H]3[C@@H]4CCC5=CC(=O)C=C[C@]5(C)[C@H]4C(=O)C[C@@]32C)O1. The minimum absolute atomic E-state index is 0.0153. The predicted octanol–water partition coefficient (Wildman–Crippen LogP) is 3.84. The van der Waals surface area contributed by atoms with Crippen LogP contribution in [0.1, 0.15) is 72.6 Å². The molecule has 5 rings (SSSR count). The summed E-state index contributed by atoms with van der Waals surface area (Å²) in [7, 11) is 0. The van der Waals surface area contributed by atoms with Crippen molar-refractivity contribution >= 4 is 23.3 Å². The molecule has 2 unspecified atom stereocenters. The zero-order chi connectivity index (χ0) is 24.5. The van der Waals surface area contributed by atoms with E-state index < -0.39 is 35.0 Å². The first-order valence-corrected chi connectivity index (χ1v) is 12.6. The Morgan fingerprint density at radius 2 is 1.97 bits per heavy atom. The van der Waals surface area contributed by atoms with Crippen molar-refractivity contribution in [2.45, 2.75) is 90.8 Å². The zero-order valence-corrected chi connectivity index (χ0v) is 20.4. The van der Waals surface area contributed by atoms with Crippen LogP contribution in [0.4, 0.5) is 0 Å². The summed E-state index contributed by atoms with van der Waals surface area (Å²) in [5.41, 5.74) is -1.34. The summed E-state index contributed by atoms with van der Waals surface area (Å²) in [5, 5.41) is 0. The van der Waals surface area contributed by atoms with Crippen molar-refractivity contribution in [3.8, 4) is 0 Å². The van der Waals surface area contributed by atoms with Crippen molar-refractivity contribution in [1.82, 2.24) is 0 Å². The lowest BCUT2D eigenvalue weighted by atomic mass is 9.46. The Hall–Kier alpha value is -2.12. The highest BCUT2D eigenvalue weighted by Gasteiger charge is 2.72. The molecule has 8 atom stereocenters. The summed E-state index contributed by atoms with van der Waals surface area (Å²) >= 11 is 0. The van der Waals surface area contributed by atoms with Crippen molar-refractivity contribution in [2.24, 2.45) is 28.6 Å². The number of fused-ring (bicyclic) bond motifs is 6. The summed E-state index contributed by atoms with van der Waals surface area (Å²) < 4.78 is 17.5. The van der Waals surface area contributed by atoms with Gasteiger partial charge in [-0.1, -0.05) is 38.8 Å². The fourth-order valence-electron chi connectivity index (χ4n) is 7.91. The summed E-state index contributed by atoms with van der Waals surface area (Å²) in [6, 6.07) is 0. The van der Waals surface area contributed by atoms with Crippen LogP contribution >= 0.6 is 0 Å². The molecule has 1 heterocycles. The third-order valence-electron chi connectivity index (χ3n) is 9.39. The van der Waals surface area contributed by atoms with Crippen molar-refractivity contribution in [2.75, 3.05) is 0 Å². The van der Waals surface area contributed by atoms with Gasteiger partial charge in [-0.05, 0) is 56.1 Å². The third-order valence-corrected chi connectivity index (χ3v) is 9.39. The second-order valence-corrected chi connectivity index (χ2v) is 11.2. The molecular formula is C27H34O7. The van der Waals surface area contributed by atoms with Gasteiger partial charge in [0.1, 0.15) is 11.4 Å². The molecule has 0 aromatic carbocycles. The minimum Gasteiger partial charge on any atom is -0.428 e. The van der Waals surface area contributed by atoms with Crippen LogP contribution in [0.15, 0.2) is 23.8 Å². The Bertz CT molecular complexity index is 1010. The topological polar surface area (TPSA) is 96.0 Å². The smallest absolute Gasteiger partial charge is 0.305 e. The Labute approximate surface area is 200 Å². The quantitative estimate of drug-likeness (QED) is 0.578. The number of carbonyl (C=O) groups excluding carboxylic acids is 4. The minimum atomic E-state index is -1.31. The predicted molar refractivity (Wildman–Crippen MR) is 121 cm³/mol. The molecule has 4 fully saturated rings. The van der Waals surface area contributed by atoms with Gasteiger partial charge in [0.25, 0.3) is 6.29 Å². The van der Waals surface area contributed by atoms with Gasteiger partial charge in [0, 0.05) is 30.1 Å². The highest BCUT2D eigenvalue weighted by atomic mass is 16.8. The van der Waals surface area contributed by atoms with Crippen molar-refractivity contribution in [3.05, 3.63) is 23.8 Å². The largest absolute Gasteiger partial charge is 0.428 e. The van der Waals surface area contributed by atoms with E-state index in [0.717, 1.165) is 31.3 Å². The molecule has 7 nitrogen and oxygen atoms in total. The number of esters is 1. The van der Waals surface area contributed by atoms with Gasteiger partial charge in [0.05, 0.1) is 0 Å². The van der Waals surface area contributed by atoms with E-state index in [1.54, 1.807) is 12.2 Å². The van der Waals surface area contributed by atoms with E-state index in [4.69, 9.17) is 14.2 Å². The van der Waals surface area contributed by atoms with Crippen LogP contribution in [-0.4, -0.2) is 41.5 Å². The van der Waals surface area contributed by atoms with Crippen LogP contribution in [-0.2, 0) is 33.4 Å². The van der Waals surface area contributed by atoms with E-state index in [1.807, 2.05) is 19.9 Å². The van der Waals surface area contributed by atoms with Gasteiger partial charge >= 0.3 is 5.97 Å². The summed E-state index contributed by atoms with van der Waals surface area (Å²) in [4.78, 5) is 51.4. The van der Waals surface area contributed by atoms with Crippen LogP contribution < -0.4 is 0 Å². The Morgan fingerprint density at radius 3 is 2.68 bits per heavy atom. The molecule has 4 aliphatic carbocycles. The average molecular weight is 471 g/mol. The lowest BCUT2D eigenvalue weighted by Gasteiger charge is -2.58. The fourth-order valence-corrected chi connectivity index (χ4v) is 7.91. The van der Waals surface area contributed by atoms with E-state index >= 15 is 0 Å². The zero-order valence-electron chi connectivity index (χ0n) is 20.4. The highest BCUT2D eigenvalue weighted by Crippen LogP contribution is 2.67. The fraction of sp³-hybridized carbons (Fsp3) is 0.704. The summed E-state index contributed by atoms with van der Waals surface area (Å²) in [6.07, 6.45) is 7.65. The van der Waals surface area contributed by atoms with Crippen LogP contribution in [0, 0.1) is 28.6 Å². The van der Waals surface area contributed by atoms with E-state index in [-0.39, 0.29) is 41.5 Å². The maximum Gasteiger partial charge on any atom is 0.305 e. The normalized spacial score (nSPS) is 45.5. The molecule has 1 saturated heterocycles. The first-order valence-electron chi connectivity index (χ1n) is 12.6. The molecule has 34 heavy (non-hydrogen) atoms. The summed E-state index contributed by atoms with van der Waals surface area (Å²) in [5.74, 6) is -0.853. The Morgan fingerprint density at radius 1 is 1.21 bits per heavy atom. The molecule has 0 amide bonds. The number of ketones is 3. The van der Waals surface area contributed by atoms with Crippen molar-refractivity contribution < 1.29 is 33.4 Å². The van der Waals surface area contributed by atoms with Gasteiger partial charge in [0.15, 0.2) is 12.1 Å². The van der Waals surface area contributed by atoms with E-state index in [1.165, 1.54) is 6.92 Å². The molecule has 0 radical (unpaired) electrons. The Balaban J connectivity index is 1.53. The van der Waals surface area contributed by atoms with Gasteiger partial charge in [-0.25, -0.2) is 0 Å². The van der Waals surface area contributed by atoms with Crippen LogP contribution in [0.2, 0.25) is 0 Å². The first-order chi connectivity index (χ1) is 16.1. The first kappa shape index (κ1) is 23.6. The van der Waals surface area contributed by atoms with Gasteiger partial charge in [0.2, 0.25) is 5.78 Å². The molecule has 0 aromatic heterocycles. The number of hydrogen-bond donors (Lipinski definition) is 0. The number of allylic oxidation sites excluding steroid dienone is 4. The van der Waals surface area contributed by atoms with Crippen LogP contribution in [0.3, 0.4) is 0 Å². The number of Topliss-reactive ketones (excluding diaryl/α,β-unsaturated/α-hetero) is 2. The van der Waals surface area contributed by atoms with Crippen LogP contribution in [0.5, 0.6) is 0 Å². The lowest BCUT2D eigenvalue weighted by molar-refractivity contribution is -0.317. The summed E-state index contributed by atoms with van der Waals surface area (Å²) in [6.45, 7) is 7.36.